The van der Waals surface area contributed by atoms with Crippen molar-refractivity contribution in [2.45, 2.75) is 38.6 Å². The van der Waals surface area contributed by atoms with Crippen LogP contribution in [0.15, 0.2) is 0 Å². The molecule has 0 spiro atoms. The van der Waals surface area contributed by atoms with Gasteiger partial charge in [0.2, 0.25) is 0 Å². The summed E-state index contributed by atoms with van der Waals surface area (Å²) in [6, 6.07) is 0.330. The summed E-state index contributed by atoms with van der Waals surface area (Å²) in [5, 5.41) is 31.0. The molecule has 4 nitrogen and oxygen atoms in total. The molecule has 0 radical (unpaired) electrons. The van der Waals surface area contributed by atoms with E-state index in [4.69, 9.17) is 0 Å². The van der Waals surface area contributed by atoms with E-state index < -0.39 is 5.41 Å². The van der Waals surface area contributed by atoms with E-state index in [0.29, 0.717) is 18.5 Å². The van der Waals surface area contributed by atoms with Crippen LogP contribution in [0, 0.1) is 11.3 Å². The highest BCUT2D eigenvalue weighted by Crippen LogP contribution is 2.25. The minimum absolute atomic E-state index is 0.0208. The van der Waals surface area contributed by atoms with E-state index in [9.17, 15) is 15.3 Å². The van der Waals surface area contributed by atoms with Crippen LogP contribution in [0.3, 0.4) is 0 Å². The van der Waals surface area contributed by atoms with Crippen molar-refractivity contribution in [1.29, 1.82) is 0 Å². The van der Waals surface area contributed by atoms with Gasteiger partial charge < -0.3 is 20.6 Å². The molecule has 0 bridgehead atoms. The molecular formula is C12H25NO3. The zero-order valence-electron chi connectivity index (χ0n) is 10.2. The Morgan fingerprint density at radius 1 is 1.12 bits per heavy atom. The number of hydrogen-bond acceptors (Lipinski definition) is 4. The molecule has 0 amide bonds. The number of aliphatic hydroxyl groups is 3. The third kappa shape index (κ3) is 3.70. The van der Waals surface area contributed by atoms with Crippen LogP contribution in [-0.2, 0) is 0 Å². The van der Waals surface area contributed by atoms with Crippen LogP contribution < -0.4 is 5.32 Å². The molecule has 0 aromatic rings. The first kappa shape index (κ1) is 13.9. The summed E-state index contributed by atoms with van der Waals surface area (Å²) < 4.78 is 0. The second-order valence-electron chi connectivity index (χ2n) is 5.34. The molecule has 0 aromatic carbocycles. The summed E-state index contributed by atoms with van der Waals surface area (Å²) in [4.78, 5) is 0. The molecular weight excluding hydrogens is 206 g/mol. The van der Waals surface area contributed by atoms with E-state index in [1.165, 1.54) is 12.8 Å². The minimum Gasteiger partial charge on any atom is -0.396 e. The van der Waals surface area contributed by atoms with Crippen LogP contribution in [0.1, 0.15) is 32.6 Å². The molecule has 1 aliphatic rings. The molecule has 0 saturated heterocycles. The molecule has 0 aliphatic heterocycles. The first-order valence-electron chi connectivity index (χ1n) is 6.21. The number of rotatable bonds is 6. The molecule has 0 aromatic heterocycles. The van der Waals surface area contributed by atoms with E-state index in [2.05, 4.69) is 5.32 Å². The predicted molar refractivity (Wildman–Crippen MR) is 63.1 cm³/mol. The van der Waals surface area contributed by atoms with Crippen LogP contribution in [0.4, 0.5) is 0 Å². The lowest BCUT2D eigenvalue weighted by Gasteiger charge is -2.34. The van der Waals surface area contributed by atoms with E-state index >= 15 is 0 Å². The van der Waals surface area contributed by atoms with Crippen LogP contribution in [0.25, 0.3) is 0 Å². The summed E-state index contributed by atoms with van der Waals surface area (Å²) >= 11 is 0. The van der Waals surface area contributed by atoms with Gasteiger partial charge in [-0.3, -0.25) is 0 Å². The van der Waals surface area contributed by atoms with Crippen LogP contribution in [0.2, 0.25) is 0 Å². The standard InChI is InChI=1S/C12H25NO3/c1-12(8-15,9-16)7-13-11-5-3-2-4-10(11)6-14/h10-11,13-16H,2-9H2,1H3. The highest BCUT2D eigenvalue weighted by molar-refractivity contribution is 4.84. The van der Waals surface area contributed by atoms with Gasteiger partial charge in [-0.25, -0.2) is 0 Å². The van der Waals surface area contributed by atoms with Crippen molar-refractivity contribution in [3.63, 3.8) is 0 Å². The molecule has 1 fully saturated rings. The Kier molecular flexibility index (Phi) is 5.69. The third-order valence-corrected chi connectivity index (χ3v) is 3.70. The van der Waals surface area contributed by atoms with Crippen molar-refractivity contribution in [3.8, 4) is 0 Å². The van der Waals surface area contributed by atoms with Crippen molar-refractivity contribution in [2.24, 2.45) is 11.3 Å². The number of hydrogen-bond donors (Lipinski definition) is 4. The van der Waals surface area contributed by atoms with Crippen molar-refractivity contribution < 1.29 is 15.3 Å². The molecule has 4 N–H and O–H groups in total. The van der Waals surface area contributed by atoms with Gasteiger partial charge in [0.1, 0.15) is 0 Å². The van der Waals surface area contributed by atoms with E-state index in [0.717, 1.165) is 12.8 Å². The normalized spacial score (nSPS) is 27.0. The lowest BCUT2D eigenvalue weighted by molar-refractivity contribution is 0.0594. The van der Waals surface area contributed by atoms with Gasteiger partial charge in [-0.2, -0.15) is 0 Å². The van der Waals surface area contributed by atoms with E-state index in [1.54, 1.807) is 0 Å². The van der Waals surface area contributed by atoms with Crippen LogP contribution >= 0.6 is 0 Å². The van der Waals surface area contributed by atoms with Gasteiger partial charge in [-0.1, -0.05) is 19.8 Å². The lowest BCUT2D eigenvalue weighted by Crippen LogP contribution is -2.47. The maximum Gasteiger partial charge on any atom is 0.0518 e. The molecule has 16 heavy (non-hydrogen) atoms. The first-order chi connectivity index (χ1) is 7.65. The maximum absolute atomic E-state index is 9.27. The van der Waals surface area contributed by atoms with Gasteiger partial charge in [0.25, 0.3) is 0 Å². The van der Waals surface area contributed by atoms with Gasteiger partial charge >= 0.3 is 0 Å². The fourth-order valence-electron chi connectivity index (χ4n) is 2.23. The van der Waals surface area contributed by atoms with Gasteiger partial charge in [0.15, 0.2) is 0 Å². The first-order valence-corrected chi connectivity index (χ1v) is 6.21. The van der Waals surface area contributed by atoms with Crippen LogP contribution in [-0.4, -0.2) is 47.7 Å². The zero-order chi connectivity index (χ0) is 12.0. The topological polar surface area (TPSA) is 72.7 Å². The van der Waals surface area contributed by atoms with Gasteiger partial charge in [-0.05, 0) is 18.8 Å². The van der Waals surface area contributed by atoms with Gasteiger partial charge in [0.05, 0.1) is 13.2 Å². The third-order valence-electron chi connectivity index (χ3n) is 3.70. The largest absolute Gasteiger partial charge is 0.396 e. The second-order valence-corrected chi connectivity index (χ2v) is 5.34. The van der Waals surface area contributed by atoms with E-state index in [1.807, 2.05) is 6.92 Å². The Labute approximate surface area is 97.7 Å². The Bertz CT molecular complexity index is 195. The zero-order valence-corrected chi connectivity index (χ0v) is 10.2. The summed E-state index contributed by atoms with van der Waals surface area (Å²) in [6.07, 6.45) is 4.55. The highest BCUT2D eigenvalue weighted by Gasteiger charge is 2.28. The molecule has 1 aliphatic carbocycles. The second kappa shape index (κ2) is 6.55. The predicted octanol–water partition coefficient (Wildman–Crippen LogP) is 0.118. The molecule has 2 unspecified atom stereocenters. The van der Waals surface area contributed by atoms with Crippen LogP contribution in [0.5, 0.6) is 0 Å². The van der Waals surface area contributed by atoms with Gasteiger partial charge in [0, 0.05) is 24.6 Å². The highest BCUT2D eigenvalue weighted by atomic mass is 16.3. The average Bonchev–Trinajstić information content (AvgIpc) is 2.36. The number of aliphatic hydroxyl groups excluding tert-OH is 3. The molecule has 96 valence electrons. The lowest BCUT2D eigenvalue weighted by atomic mass is 9.84. The van der Waals surface area contributed by atoms with Crippen molar-refractivity contribution in [1.82, 2.24) is 5.32 Å². The monoisotopic (exact) mass is 231 g/mol. The quantitative estimate of drug-likeness (QED) is 0.524. The Morgan fingerprint density at radius 3 is 2.31 bits per heavy atom. The van der Waals surface area contributed by atoms with Crippen molar-refractivity contribution in [2.75, 3.05) is 26.4 Å². The molecule has 2 atom stereocenters. The number of nitrogens with one attached hydrogen (secondary N) is 1. The minimum atomic E-state index is -0.461. The summed E-state index contributed by atoms with van der Waals surface area (Å²) in [6.45, 7) is 2.64. The summed E-state index contributed by atoms with van der Waals surface area (Å²) in [7, 11) is 0. The fraction of sp³-hybridized carbons (Fsp3) is 1.00. The Balaban J connectivity index is 2.40. The van der Waals surface area contributed by atoms with Crippen molar-refractivity contribution in [3.05, 3.63) is 0 Å². The fourth-order valence-corrected chi connectivity index (χ4v) is 2.23. The maximum atomic E-state index is 9.27. The Morgan fingerprint density at radius 2 is 1.75 bits per heavy atom. The molecule has 0 heterocycles. The summed E-state index contributed by atoms with van der Waals surface area (Å²) in [5.74, 6) is 0.329. The van der Waals surface area contributed by atoms with Crippen molar-refractivity contribution >= 4 is 0 Å². The SMILES string of the molecule is CC(CO)(CO)CNC1CCCCC1CO. The van der Waals surface area contributed by atoms with E-state index in [-0.39, 0.29) is 19.8 Å². The van der Waals surface area contributed by atoms with Gasteiger partial charge in [-0.15, -0.1) is 0 Å². The molecule has 4 heteroatoms. The summed E-state index contributed by atoms with van der Waals surface area (Å²) in [5.41, 5.74) is -0.461. The Hall–Kier alpha value is -0.160. The smallest absolute Gasteiger partial charge is 0.0518 e. The average molecular weight is 231 g/mol. The molecule has 1 saturated carbocycles. The molecule has 1 rings (SSSR count).